The fraction of sp³-hybridized carbons (Fsp3) is 0.371. The average molecular weight is 606 g/mol. The SMILES string of the molecule is N#CCCOc1ccc(C(F)(F)Oc2ccc(/C=C/C(=O)OCCCCCCCCCCc3ccc(N)cc3N)cc2)cc1. The van der Waals surface area contributed by atoms with Gasteiger partial charge in [-0.15, -0.1) is 0 Å². The van der Waals surface area contributed by atoms with Gasteiger partial charge in [0.05, 0.1) is 24.7 Å². The van der Waals surface area contributed by atoms with Crippen molar-refractivity contribution in [1.29, 1.82) is 5.26 Å². The van der Waals surface area contributed by atoms with E-state index in [1.807, 2.05) is 24.3 Å². The third-order valence-electron chi connectivity index (χ3n) is 6.97. The van der Waals surface area contributed by atoms with Gasteiger partial charge < -0.3 is 25.7 Å². The van der Waals surface area contributed by atoms with Crippen molar-refractivity contribution < 1.29 is 27.8 Å². The standard InChI is InChI=1S/C35H41F2N3O4/c36-35(37,29-15-20-31(21-16-29)42-25-9-23-38)44-32-18-11-27(12-19-32)13-22-34(41)43-24-8-6-4-2-1-3-5-7-10-28-14-17-30(39)26-33(28)40/h11-22,26H,1-10,24-25,39-40H2/b22-13+. The Morgan fingerprint density at radius 1 is 0.818 bits per heavy atom. The van der Waals surface area contributed by atoms with E-state index in [0.717, 1.165) is 49.8 Å². The Labute approximate surface area is 258 Å². The number of anilines is 2. The number of aryl methyl sites for hydroxylation is 1. The summed E-state index contributed by atoms with van der Waals surface area (Å²) in [7, 11) is 0. The van der Waals surface area contributed by atoms with Crippen molar-refractivity contribution in [2.45, 2.75) is 70.3 Å². The number of nitrogens with zero attached hydrogens (tertiary/aromatic N) is 1. The van der Waals surface area contributed by atoms with Crippen molar-refractivity contribution in [2.75, 3.05) is 24.7 Å². The molecule has 0 aliphatic carbocycles. The van der Waals surface area contributed by atoms with Crippen molar-refractivity contribution in [3.05, 3.63) is 89.5 Å². The third kappa shape index (κ3) is 12.3. The molecule has 9 heteroatoms. The zero-order valence-electron chi connectivity index (χ0n) is 25.0. The molecular formula is C35H41F2N3O4. The maximum atomic E-state index is 14.6. The van der Waals surface area contributed by atoms with E-state index in [0.29, 0.717) is 23.6 Å². The fourth-order valence-electron chi connectivity index (χ4n) is 4.52. The summed E-state index contributed by atoms with van der Waals surface area (Å²) < 4.78 is 44.7. The van der Waals surface area contributed by atoms with E-state index in [2.05, 4.69) is 0 Å². The summed E-state index contributed by atoms with van der Waals surface area (Å²) in [6.45, 7) is 0.550. The number of nitriles is 1. The molecule has 0 aliphatic rings. The Bertz CT molecular complexity index is 1370. The number of esters is 1. The fourth-order valence-corrected chi connectivity index (χ4v) is 4.52. The molecule has 0 aliphatic heterocycles. The monoisotopic (exact) mass is 605 g/mol. The second-order valence-corrected chi connectivity index (χ2v) is 10.5. The zero-order valence-corrected chi connectivity index (χ0v) is 25.0. The van der Waals surface area contributed by atoms with Crippen LogP contribution >= 0.6 is 0 Å². The number of hydrogen-bond acceptors (Lipinski definition) is 7. The number of benzene rings is 3. The van der Waals surface area contributed by atoms with Gasteiger partial charge in [-0.2, -0.15) is 14.0 Å². The van der Waals surface area contributed by atoms with E-state index in [4.69, 9.17) is 30.9 Å². The van der Waals surface area contributed by atoms with Gasteiger partial charge in [-0.3, -0.25) is 0 Å². The van der Waals surface area contributed by atoms with Gasteiger partial charge in [0.2, 0.25) is 0 Å². The van der Waals surface area contributed by atoms with Crippen LogP contribution in [0.5, 0.6) is 11.5 Å². The molecule has 3 aromatic rings. The summed E-state index contributed by atoms with van der Waals surface area (Å²) in [5.74, 6) is -0.0729. The highest BCUT2D eigenvalue weighted by atomic mass is 19.3. The first kappa shape index (κ1) is 33.9. The number of hydrogen-bond donors (Lipinski definition) is 2. The number of carbonyl (C=O) groups excluding carboxylic acids is 1. The number of nitrogens with two attached hydrogens (primary N) is 2. The van der Waals surface area contributed by atoms with Gasteiger partial charge >= 0.3 is 12.1 Å². The smallest absolute Gasteiger partial charge is 0.426 e. The van der Waals surface area contributed by atoms with Gasteiger partial charge in [-0.05, 0) is 85.0 Å². The first-order valence-electron chi connectivity index (χ1n) is 15.0. The Balaban J connectivity index is 1.25. The minimum atomic E-state index is -3.56. The van der Waals surface area contributed by atoms with E-state index in [9.17, 15) is 13.6 Å². The molecule has 3 rings (SSSR count). The largest absolute Gasteiger partial charge is 0.493 e. The number of carbonyl (C=O) groups is 1. The second-order valence-electron chi connectivity index (χ2n) is 10.5. The summed E-state index contributed by atoms with van der Waals surface area (Å²) >= 11 is 0. The lowest BCUT2D eigenvalue weighted by atomic mass is 10.0. The van der Waals surface area contributed by atoms with E-state index in [1.54, 1.807) is 18.2 Å². The van der Waals surface area contributed by atoms with Gasteiger partial charge in [0, 0.05) is 17.5 Å². The van der Waals surface area contributed by atoms with E-state index < -0.39 is 12.1 Å². The molecule has 0 fully saturated rings. The zero-order chi connectivity index (χ0) is 31.6. The minimum Gasteiger partial charge on any atom is -0.493 e. The first-order chi connectivity index (χ1) is 21.3. The normalized spacial score (nSPS) is 11.3. The van der Waals surface area contributed by atoms with Crippen LogP contribution in [0.15, 0.2) is 72.8 Å². The van der Waals surface area contributed by atoms with Gasteiger partial charge in [0.15, 0.2) is 0 Å². The number of ether oxygens (including phenoxy) is 3. The van der Waals surface area contributed by atoms with Gasteiger partial charge in [0.25, 0.3) is 0 Å². The van der Waals surface area contributed by atoms with Crippen LogP contribution < -0.4 is 20.9 Å². The molecule has 0 atom stereocenters. The predicted octanol–water partition coefficient (Wildman–Crippen LogP) is 8.19. The number of alkyl halides is 2. The van der Waals surface area contributed by atoms with Crippen LogP contribution in [0.3, 0.4) is 0 Å². The number of rotatable bonds is 19. The van der Waals surface area contributed by atoms with Crippen molar-refractivity contribution >= 4 is 23.4 Å². The van der Waals surface area contributed by atoms with Crippen LogP contribution in [-0.2, 0) is 22.1 Å². The quantitative estimate of drug-likeness (QED) is 0.0611. The number of nitrogen functional groups attached to an aromatic ring is 2. The summed E-state index contributed by atoms with van der Waals surface area (Å²) in [6, 6.07) is 18.9. The predicted molar refractivity (Wildman–Crippen MR) is 169 cm³/mol. The molecule has 4 N–H and O–H groups in total. The molecule has 0 bridgehead atoms. The van der Waals surface area contributed by atoms with Crippen molar-refractivity contribution in [3.8, 4) is 17.6 Å². The van der Waals surface area contributed by atoms with Crippen LogP contribution in [0.4, 0.5) is 20.2 Å². The summed E-state index contributed by atoms with van der Waals surface area (Å²) in [5.41, 5.74) is 14.7. The highest BCUT2D eigenvalue weighted by Gasteiger charge is 2.34. The maximum absolute atomic E-state index is 14.6. The van der Waals surface area contributed by atoms with Crippen LogP contribution in [0.25, 0.3) is 6.08 Å². The summed E-state index contributed by atoms with van der Waals surface area (Å²) in [5, 5.41) is 8.55. The van der Waals surface area contributed by atoms with E-state index in [-0.39, 0.29) is 24.3 Å². The average Bonchev–Trinajstić information content (AvgIpc) is 3.00. The Kier molecular flexibility index (Phi) is 14.0. The van der Waals surface area contributed by atoms with Crippen molar-refractivity contribution in [1.82, 2.24) is 0 Å². The first-order valence-corrected chi connectivity index (χ1v) is 15.0. The Hall–Kier alpha value is -4.58. The summed E-state index contributed by atoms with van der Waals surface area (Å²) in [4.78, 5) is 12.0. The van der Waals surface area contributed by atoms with Crippen LogP contribution in [0, 0.1) is 11.3 Å². The highest BCUT2D eigenvalue weighted by Crippen LogP contribution is 2.32. The molecule has 0 amide bonds. The topological polar surface area (TPSA) is 121 Å². The Morgan fingerprint density at radius 2 is 1.45 bits per heavy atom. The van der Waals surface area contributed by atoms with Crippen molar-refractivity contribution in [2.24, 2.45) is 0 Å². The van der Waals surface area contributed by atoms with E-state index >= 15 is 0 Å². The molecule has 0 heterocycles. The van der Waals surface area contributed by atoms with Crippen LogP contribution in [-0.4, -0.2) is 19.2 Å². The molecule has 7 nitrogen and oxygen atoms in total. The van der Waals surface area contributed by atoms with Crippen molar-refractivity contribution in [3.63, 3.8) is 0 Å². The molecule has 0 unspecified atom stereocenters. The highest BCUT2D eigenvalue weighted by molar-refractivity contribution is 5.87. The molecule has 0 radical (unpaired) electrons. The molecule has 0 saturated heterocycles. The molecule has 234 valence electrons. The molecule has 0 saturated carbocycles. The minimum absolute atomic E-state index is 0.0209. The molecule has 0 spiro atoms. The van der Waals surface area contributed by atoms with Crippen LogP contribution in [0.1, 0.15) is 74.5 Å². The number of halogens is 2. The lowest BCUT2D eigenvalue weighted by Crippen LogP contribution is -2.21. The molecule has 3 aromatic carbocycles. The Morgan fingerprint density at radius 3 is 2.11 bits per heavy atom. The van der Waals surface area contributed by atoms with Crippen LogP contribution in [0.2, 0.25) is 0 Å². The lowest BCUT2D eigenvalue weighted by molar-refractivity contribution is -0.185. The van der Waals surface area contributed by atoms with Gasteiger partial charge in [-0.25, -0.2) is 4.79 Å². The molecular weight excluding hydrogens is 564 g/mol. The van der Waals surface area contributed by atoms with E-state index in [1.165, 1.54) is 61.7 Å². The third-order valence-corrected chi connectivity index (χ3v) is 6.97. The molecule has 44 heavy (non-hydrogen) atoms. The van der Waals surface area contributed by atoms with Gasteiger partial charge in [0.1, 0.15) is 18.1 Å². The number of unbranched alkanes of at least 4 members (excludes halogenated alkanes) is 7. The maximum Gasteiger partial charge on any atom is 0.426 e. The second kappa shape index (κ2) is 18.2. The van der Waals surface area contributed by atoms with Gasteiger partial charge in [-0.1, -0.05) is 56.7 Å². The molecule has 0 aromatic heterocycles. The summed E-state index contributed by atoms with van der Waals surface area (Å²) in [6.07, 6.45) is 9.27. The lowest BCUT2D eigenvalue weighted by Gasteiger charge is -2.18.